The summed E-state index contributed by atoms with van der Waals surface area (Å²) in [5, 5.41) is 8.01. The van der Waals surface area contributed by atoms with Gasteiger partial charge in [-0.2, -0.15) is 23.4 Å². The van der Waals surface area contributed by atoms with Crippen LogP contribution in [0.3, 0.4) is 0 Å². The third-order valence-corrected chi connectivity index (χ3v) is 5.15. The van der Waals surface area contributed by atoms with Crippen molar-refractivity contribution in [3.8, 4) is 12.3 Å². The number of alkyl halides is 3. The molecule has 0 unspecified atom stereocenters. The van der Waals surface area contributed by atoms with Crippen LogP contribution in [-0.4, -0.2) is 53.5 Å². The van der Waals surface area contributed by atoms with E-state index in [0.29, 0.717) is 38.8 Å². The first kappa shape index (κ1) is 20.8. The monoisotopic (exact) mass is 406 g/mol. The molecule has 0 atom stereocenters. The Morgan fingerprint density at radius 3 is 2.34 bits per heavy atom. The molecule has 1 aromatic rings. The molecule has 1 aromatic carbocycles. The predicted molar refractivity (Wildman–Crippen MR) is 98.8 cm³/mol. The quantitative estimate of drug-likeness (QED) is 0.680. The lowest BCUT2D eigenvalue weighted by Gasteiger charge is -2.35. The standard InChI is InChI=1S/C20H21F3N4O2/c1-2-3-8-19(24-25-19)9-7-17(28)26-10-12-27(13-11-26)18(29)15-5-4-6-16(14-15)20(21,22)23/h1,4-6,14H,3,7-13H2. The maximum atomic E-state index is 12.9. The van der Waals surface area contributed by atoms with Crippen LogP contribution in [0.1, 0.15) is 41.6 Å². The Morgan fingerprint density at radius 2 is 1.76 bits per heavy atom. The summed E-state index contributed by atoms with van der Waals surface area (Å²) in [7, 11) is 0. The Kier molecular flexibility index (Phi) is 5.91. The Hall–Kier alpha value is -2.89. The highest BCUT2D eigenvalue weighted by atomic mass is 19.4. The lowest BCUT2D eigenvalue weighted by atomic mass is 10.0. The summed E-state index contributed by atoms with van der Waals surface area (Å²) in [5.74, 6) is 2.03. The molecule has 9 heteroatoms. The first-order chi connectivity index (χ1) is 13.7. The second-order valence-corrected chi connectivity index (χ2v) is 7.14. The molecule has 3 rings (SSSR count). The van der Waals surface area contributed by atoms with E-state index in [0.717, 1.165) is 12.1 Å². The number of carbonyl (C=O) groups excluding carboxylic acids is 2. The van der Waals surface area contributed by atoms with Gasteiger partial charge in [0.1, 0.15) is 0 Å². The molecular formula is C20H21F3N4O2. The van der Waals surface area contributed by atoms with Gasteiger partial charge in [-0.1, -0.05) is 6.07 Å². The van der Waals surface area contributed by atoms with Crippen LogP contribution in [0.25, 0.3) is 0 Å². The van der Waals surface area contributed by atoms with Crippen LogP contribution in [0.15, 0.2) is 34.5 Å². The van der Waals surface area contributed by atoms with Gasteiger partial charge in [0.25, 0.3) is 5.91 Å². The van der Waals surface area contributed by atoms with E-state index in [1.807, 2.05) is 0 Å². The van der Waals surface area contributed by atoms with E-state index in [2.05, 4.69) is 16.1 Å². The van der Waals surface area contributed by atoms with Crippen molar-refractivity contribution >= 4 is 11.8 Å². The number of hydrogen-bond donors (Lipinski definition) is 0. The number of rotatable bonds is 6. The highest BCUT2D eigenvalue weighted by Crippen LogP contribution is 2.37. The van der Waals surface area contributed by atoms with E-state index >= 15 is 0 Å². The molecule has 0 radical (unpaired) electrons. The average molecular weight is 406 g/mol. The van der Waals surface area contributed by atoms with Crippen molar-refractivity contribution in [2.24, 2.45) is 10.2 Å². The maximum absolute atomic E-state index is 12.9. The minimum Gasteiger partial charge on any atom is -0.339 e. The summed E-state index contributed by atoms with van der Waals surface area (Å²) in [5.41, 5.74) is -1.37. The van der Waals surface area contributed by atoms with Crippen LogP contribution in [-0.2, 0) is 11.0 Å². The molecule has 2 aliphatic heterocycles. The Balaban J connectivity index is 1.49. The minimum absolute atomic E-state index is 0.00740. The van der Waals surface area contributed by atoms with Gasteiger partial charge in [0, 0.05) is 57.4 Å². The van der Waals surface area contributed by atoms with Gasteiger partial charge in [0.2, 0.25) is 5.91 Å². The average Bonchev–Trinajstić information content (AvgIpc) is 3.50. The van der Waals surface area contributed by atoms with Crippen LogP contribution >= 0.6 is 0 Å². The fourth-order valence-electron chi connectivity index (χ4n) is 3.30. The first-order valence-electron chi connectivity index (χ1n) is 9.36. The molecule has 0 N–H and O–H groups in total. The van der Waals surface area contributed by atoms with E-state index in [1.54, 1.807) is 4.90 Å². The highest BCUT2D eigenvalue weighted by molar-refractivity contribution is 5.94. The maximum Gasteiger partial charge on any atom is 0.416 e. The lowest BCUT2D eigenvalue weighted by molar-refractivity contribution is -0.137. The summed E-state index contributed by atoms with van der Waals surface area (Å²) >= 11 is 0. The van der Waals surface area contributed by atoms with E-state index in [9.17, 15) is 22.8 Å². The molecule has 6 nitrogen and oxygen atoms in total. The molecule has 0 aliphatic carbocycles. The number of nitrogens with zero attached hydrogens (tertiary/aromatic N) is 4. The van der Waals surface area contributed by atoms with Crippen molar-refractivity contribution in [2.45, 2.75) is 37.5 Å². The smallest absolute Gasteiger partial charge is 0.339 e. The number of benzene rings is 1. The van der Waals surface area contributed by atoms with Gasteiger partial charge in [-0.3, -0.25) is 9.59 Å². The number of amides is 2. The van der Waals surface area contributed by atoms with E-state index in [1.165, 1.54) is 17.0 Å². The van der Waals surface area contributed by atoms with Crippen LogP contribution in [0.4, 0.5) is 13.2 Å². The van der Waals surface area contributed by atoms with E-state index in [4.69, 9.17) is 6.42 Å². The van der Waals surface area contributed by atoms with Crippen molar-refractivity contribution in [3.05, 3.63) is 35.4 Å². The predicted octanol–water partition coefficient (Wildman–Crippen LogP) is 3.35. The van der Waals surface area contributed by atoms with Crippen LogP contribution in [0.5, 0.6) is 0 Å². The molecule has 2 aliphatic rings. The minimum atomic E-state index is -4.50. The fourth-order valence-corrected chi connectivity index (χ4v) is 3.30. The van der Waals surface area contributed by atoms with Crippen molar-refractivity contribution in [1.82, 2.24) is 9.80 Å². The fraction of sp³-hybridized carbons (Fsp3) is 0.500. The SMILES string of the molecule is C#CCCC1(CCC(=O)N2CCN(C(=O)c3cccc(C(F)(F)F)c3)CC2)N=N1. The summed E-state index contributed by atoms with van der Waals surface area (Å²) in [6.07, 6.45) is 2.74. The van der Waals surface area contributed by atoms with Crippen molar-refractivity contribution in [2.75, 3.05) is 26.2 Å². The molecule has 1 fully saturated rings. The third-order valence-electron chi connectivity index (χ3n) is 5.15. The summed E-state index contributed by atoms with van der Waals surface area (Å²) in [4.78, 5) is 28.1. The zero-order valence-corrected chi connectivity index (χ0v) is 15.8. The van der Waals surface area contributed by atoms with Gasteiger partial charge in [-0.05, 0) is 18.2 Å². The number of terminal acetylenes is 1. The summed E-state index contributed by atoms with van der Waals surface area (Å²) < 4.78 is 38.6. The zero-order chi connectivity index (χ0) is 21.1. The molecule has 1 saturated heterocycles. The Labute approximate surface area is 166 Å². The van der Waals surface area contributed by atoms with Gasteiger partial charge in [0.15, 0.2) is 5.66 Å². The second-order valence-electron chi connectivity index (χ2n) is 7.14. The Bertz CT molecular complexity index is 846. The molecule has 29 heavy (non-hydrogen) atoms. The Morgan fingerprint density at radius 1 is 1.10 bits per heavy atom. The van der Waals surface area contributed by atoms with E-state index < -0.39 is 23.3 Å². The molecule has 0 spiro atoms. The number of piperazine rings is 1. The van der Waals surface area contributed by atoms with E-state index in [-0.39, 0.29) is 24.6 Å². The largest absolute Gasteiger partial charge is 0.416 e. The molecule has 0 saturated carbocycles. The molecular weight excluding hydrogens is 385 g/mol. The molecule has 0 aromatic heterocycles. The van der Waals surface area contributed by atoms with Gasteiger partial charge >= 0.3 is 6.18 Å². The van der Waals surface area contributed by atoms with Crippen molar-refractivity contribution in [3.63, 3.8) is 0 Å². The van der Waals surface area contributed by atoms with Crippen molar-refractivity contribution < 1.29 is 22.8 Å². The molecule has 2 heterocycles. The van der Waals surface area contributed by atoms with Gasteiger partial charge in [-0.15, -0.1) is 12.3 Å². The molecule has 2 amide bonds. The summed E-state index contributed by atoms with van der Waals surface area (Å²) in [6, 6.07) is 4.38. The number of hydrogen-bond acceptors (Lipinski definition) is 4. The van der Waals surface area contributed by atoms with Gasteiger partial charge < -0.3 is 9.80 Å². The second kappa shape index (κ2) is 8.23. The first-order valence-corrected chi connectivity index (χ1v) is 9.36. The zero-order valence-electron chi connectivity index (χ0n) is 15.8. The van der Waals surface area contributed by atoms with Gasteiger partial charge in [0.05, 0.1) is 5.56 Å². The number of halogens is 3. The molecule has 154 valence electrons. The van der Waals surface area contributed by atoms with Crippen LogP contribution in [0, 0.1) is 12.3 Å². The van der Waals surface area contributed by atoms with Crippen LogP contribution in [0.2, 0.25) is 0 Å². The van der Waals surface area contributed by atoms with Crippen LogP contribution < -0.4 is 0 Å². The topological polar surface area (TPSA) is 65.3 Å². The third kappa shape index (κ3) is 5.13. The number of carbonyl (C=O) groups is 2. The van der Waals surface area contributed by atoms with Gasteiger partial charge in [-0.25, -0.2) is 0 Å². The summed E-state index contributed by atoms with van der Waals surface area (Å²) in [6.45, 7) is 1.24. The van der Waals surface area contributed by atoms with Crippen molar-refractivity contribution in [1.29, 1.82) is 0 Å². The lowest BCUT2D eigenvalue weighted by Crippen LogP contribution is -2.50. The normalized spacial score (nSPS) is 17.7. The molecule has 0 bridgehead atoms. The highest BCUT2D eigenvalue weighted by Gasteiger charge is 2.40.